The van der Waals surface area contributed by atoms with E-state index in [0.29, 0.717) is 18.2 Å². The zero-order chi connectivity index (χ0) is 17.5. The second kappa shape index (κ2) is 8.51. The van der Waals surface area contributed by atoms with Crippen LogP contribution in [-0.2, 0) is 13.2 Å². The number of hydrazine groups is 1. The first-order valence-corrected chi connectivity index (χ1v) is 8.28. The first-order chi connectivity index (χ1) is 12.2. The van der Waals surface area contributed by atoms with Gasteiger partial charge in [0.15, 0.2) is 0 Å². The highest BCUT2D eigenvalue weighted by atomic mass is 35.5. The van der Waals surface area contributed by atoms with Crippen LogP contribution < -0.4 is 15.6 Å². The maximum absolute atomic E-state index is 13.0. The van der Waals surface area contributed by atoms with Crippen LogP contribution in [0.2, 0.25) is 5.02 Å². The van der Waals surface area contributed by atoms with Gasteiger partial charge in [0.1, 0.15) is 18.2 Å². The molecule has 0 spiro atoms. The lowest BCUT2D eigenvalue weighted by Crippen LogP contribution is -2.21. The van der Waals surface area contributed by atoms with E-state index in [1.165, 1.54) is 12.1 Å². The Kier molecular flexibility index (Phi) is 5.88. The zero-order valence-corrected chi connectivity index (χ0v) is 14.3. The van der Waals surface area contributed by atoms with E-state index in [-0.39, 0.29) is 5.82 Å². The Morgan fingerprint density at radius 3 is 2.44 bits per heavy atom. The lowest BCUT2D eigenvalue weighted by molar-refractivity contribution is 0.302. The number of hydrogen-bond acceptors (Lipinski definition) is 3. The van der Waals surface area contributed by atoms with Crippen molar-refractivity contribution in [1.29, 1.82) is 0 Å². The van der Waals surface area contributed by atoms with E-state index in [1.54, 1.807) is 18.2 Å². The lowest BCUT2D eigenvalue weighted by Gasteiger charge is -2.14. The fourth-order valence-corrected chi connectivity index (χ4v) is 2.53. The van der Waals surface area contributed by atoms with Crippen molar-refractivity contribution in [2.75, 3.05) is 5.43 Å². The minimum Gasteiger partial charge on any atom is -0.489 e. The molecule has 0 bridgehead atoms. The fraction of sp³-hybridized carbons (Fsp3) is 0.100. The van der Waals surface area contributed by atoms with Crippen LogP contribution in [0.25, 0.3) is 0 Å². The summed E-state index contributed by atoms with van der Waals surface area (Å²) >= 11 is 6.10. The third-order valence-electron chi connectivity index (χ3n) is 3.62. The van der Waals surface area contributed by atoms with Crippen LogP contribution in [0.3, 0.4) is 0 Å². The van der Waals surface area contributed by atoms with Crippen LogP contribution >= 0.6 is 11.6 Å². The molecule has 0 unspecified atom stereocenters. The van der Waals surface area contributed by atoms with Gasteiger partial charge in [-0.1, -0.05) is 41.9 Å². The molecule has 0 heterocycles. The van der Waals surface area contributed by atoms with E-state index in [2.05, 4.69) is 10.9 Å². The van der Waals surface area contributed by atoms with Gasteiger partial charge in [0.25, 0.3) is 0 Å². The second-order valence-corrected chi connectivity index (χ2v) is 5.95. The van der Waals surface area contributed by atoms with Crippen LogP contribution in [0.5, 0.6) is 5.75 Å². The number of halogens is 2. The van der Waals surface area contributed by atoms with E-state index in [9.17, 15) is 4.39 Å². The zero-order valence-electron chi connectivity index (χ0n) is 13.5. The van der Waals surface area contributed by atoms with Gasteiger partial charge < -0.3 is 10.2 Å². The van der Waals surface area contributed by atoms with E-state index < -0.39 is 0 Å². The number of benzene rings is 3. The average Bonchev–Trinajstić information content (AvgIpc) is 2.63. The van der Waals surface area contributed by atoms with Crippen molar-refractivity contribution in [3.05, 3.63) is 94.8 Å². The molecule has 0 aliphatic heterocycles. The number of anilines is 1. The molecule has 0 saturated heterocycles. The molecular formula is C20H18ClFN2O. The van der Waals surface area contributed by atoms with Gasteiger partial charge in [-0.2, -0.15) is 0 Å². The first-order valence-electron chi connectivity index (χ1n) is 7.90. The molecule has 3 aromatic carbocycles. The van der Waals surface area contributed by atoms with E-state index >= 15 is 0 Å². The third-order valence-corrected chi connectivity index (χ3v) is 3.85. The molecule has 0 aromatic heterocycles. The summed E-state index contributed by atoms with van der Waals surface area (Å²) in [6.07, 6.45) is 0. The largest absolute Gasteiger partial charge is 0.489 e. The summed E-state index contributed by atoms with van der Waals surface area (Å²) in [5, 5.41) is 0.644. The van der Waals surface area contributed by atoms with E-state index in [1.807, 2.05) is 42.5 Å². The van der Waals surface area contributed by atoms with Crippen molar-refractivity contribution >= 4 is 17.3 Å². The molecule has 0 aliphatic carbocycles. The minimum atomic E-state index is -0.257. The molecule has 5 heteroatoms. The molecule has 25 heavy (non-hydrogen) atoms. The van der Waals surface area contributed by atoms with Gasteiger partial charge in [0.05, 0.1) is 0 Å². The van der Waals surface area contributed by atoms with Gasteiger partial charge in [0, 0.05) is 22.8 Å². The summed E-state index contributed by atoms with van der Waals surface area (Å²) in [5.74, 6) is 0.475. The van der Waals surface area contributed by atoms with Crippen molar-refractivity contribution < 1.29 is 9.13 Å². The Bertz CT molecular complexity index is 810. The number of nitrogens with one attached hydrogen (secondary N) is 2. The minimum absolute atomic E-state index is 0.257. The summed E-state index contributed by atoms with van der Waals surface area (Å²) < 4.78 is 18.8. The van der Waals surface area contributed by atoms with Crippen molar-refractivity contribution in [2.45, 2.75) is 13.2 Å². The summed E-state index contributed by atoms with van der Waals surface area (Å²) in [5.41, 5.74) is 9.08. The van der Waals surface area contributed by atoms with Crippen LogP contribution in [-0.4, -0.2) is 0 Å². The standard InChI is InChI=1S/C20H18ClFN2O/c21-17-8-11-20(25-14-15-6-9-18(22)10-7-15)16(12-17)13-23-24-19-4-2-1-3-5-19/h1-12,23-24H,13-14H2. The summed E-state index contributed by atoms with van der Waals surface area (Å²) in [4.78, 5) is 0. The maximum atomic E-state index is 13.0. The monoisotopic (exact) mass is 356 g/mol. The van der Waals surface area contributed by atoms with Crippen LogP contribution in [0.15, 0.2) is 72.8 Å². The van der Waals surface area contributed by atoms with Crippen molar-refractivity contribution in [1.82, 2.24) is 5.43 Å². The van der Waals surface area contributed by atoms with Gasteiger partial charge in [-0.15, -0.1) is 0 Å². The fourth-order valence-electron chi connectivity index (χ4n) is 2.33. The molecule has 2 N–H and O–H groups in total. The Morgan fingerprint density at radius 2 is 1.68 bits per heavy atom. The van der Waals surface area contributed by atoms with Gasteiger partial charge in [-0.05, 0) is 48.0 Å². The molecule has 0 amide bonds. The highest BCUT2D eigenvalue weighted by Gasteiger charge is 2.06. The van der Waals surface area contributed by atoms with Crippen molar-refractivity contribution in [3.63, 3.8) is 0 Å². The SMILES string of the molecule is Fc1ccc(COc2ccc(Cl)cc2CNNc2ccccc2)cc1. The predicted octanol–water partition coefficient (Wildman–Crippen LogP) is 5.17. The summed E-state index contributed by atoms with van der Waals surface area (Å²) in [6.45, 7) is 0.898. The Balaban J connectivity index is 1.62. The van der Waals surface area contributed by atoms with E-state index in [0.717, 1.165) is 22.6 Å². The number of hydrogen-bond donors (Lipinski definition) is 2. The van der Waals surface area contributed by atoms with Crippen LogP contribution in [0.1, 0.15) is 11.1 Å². The molecule has 3 rings (SSSR count). The molecule has 0 saturated carbocycles. The predicted molar refractivity (Wildman–Crippen MR) is 99.1 cm³/mol. The molecule has 3 aromatic rings. The molecule has 128 valence electrons. The molecule has 0 aliphatic rings. The molecule has 0 fully saturated rings. The van der Waals surface area contributed by atoms with Crippen LogP contribution in [0, 0.1) is 5.82 Å². The number of rotatable bonds is 7. The molecular weight excluding hydrogens is 339 g/mol. The van der Waals surface area contributed by atoms with Gasteiger partial charge >= 0.3 is 0 Å². The quantitative estimate of drug-likeness (QED) is 0.572. The highest BCUT2D eigenvalue weighted by molar-refractivity contribution is 6.30. The van der Waals surface area contributed by atoms with Crippen molar-refractivity contribution in [2.24, 2.45) is 0 Å². The first kappa shape index (κ1) is 17.3. The number of para-hydroxylation sites is 1. The highest BCUT2D eigenvalue weighted by Crippen LogP contribution is 2.24. The molecule has 3 nitrogen and oxygen atoms in total. The molecule has 0 radical (unpaired) electrons. The smallest absolute Gasteiger partial charge is 0.124 e. The Morgan fingerprint density at radius 1 is 0.920 bits per heavy atom. The van der Waals surface area contributed by atoms with Gasteiger partial charge in [-0.3, -0.25) is 0 Å². The van der Waals surface area contributed by atoms with E-state index in [4.69, 9.17) is 16.3 Å². The lowest BCUT2D eigenvalue weighted by atomic mass is 10.2. The van der Waals surface area contributed by atoms with Crippen molar-refractivity contribution in [3.8, 4) is 5.75 Å². The average molecular weight is 357 g/mol. The number of ether oxygens (including phenoxy) is 1. The Hall–Kier alpha value is -2.56. The maximum Gasteiger partial charge on any atom is 0.124 e. The normalized spacial score (nSPS) is 10.5. The molecule has 0 atom stereocenters. The Labute approximate surface area is 151 Å². The van der Waals surface area contributed by atoms with Gasteiger partial charge in [0.2, 0.25) is 0 Å². The second-order valence-electron chi connectivity index (χ2n) is 5.51. The van der Waals surface area contributed by atoms with Gasteiger partial charge in [-0.25, -0.2) is 9.82 Å². The summed E-state index contributed by atoms with van der Waals surface area (Å²) in [7, 11) is 0. The third kappa shape index (κ3) is 5.21. The van der Waals surface area contributed by atoms with Crippen LogP contribution in [0.4, 0.5) is 10.1 Å². The summed E-state index contributed by atoms with van der Waals surface area (Å²) in [6, 6.07) is 21.6. The topological polar surface area (TPSA) is 33.3 Å².